The van der Waals surface area contributed by atoms with Crippen LogP contribution in [0.2, 0.25) is 0 Å². The Hall–Kier alpha value is -0.870. The maximum Gasteiger partial charge on any atom is 0.296 e. The zero-order chi connectivity index (χ0) is 23.3. The van der Waals surface area contributed by atoms with Crippen LogP contribution in [0.3, 0.4) is 0 Å². The molecule has 0 aliphatic carbocycles. The lowest BCUT2D eigenvalue weighted by Crippen LogP contribution is -2.10. The zero-order valence-electron chi connectivity index (χ0n) is 21.0. The monoisotopic (exact) mass is 452 g/mol. The highest BCUT2D eigenvalue weighted by molar-refractivity contribution is 7.86. The third-order valence-electron chi connectivity index (χ3n) is 6.42. The Balaban J connectivity index is 2.11. The van der Waals surface area contributed by atoms with Crippen LogP contribution in [0, 0.1) is 30.6 Å². The molecule has 31 heavy (non-hydrogen) atoms. The van der Waals surface area contributed by atoms with Crippen molar-refractivity contribution in [1.82, 2.24) is 0 Å². The minimum Gasteiger partial charge on any atom is -0.266 e. The average molecular weight is 453 g/mol. The van der Waals surface area contributed by atoms with E-state index in [1.165, 1.54) is 51.4 Å². The highest BCUT2D eigenvalue weighted by Gasteiger charge is 2.15. The molecule has 0 N–H and O–H groups in total. The van der Waals surface area contributed by atoms with Crippen LogP contribution >= 0.6 is 0 Å². The quantitative estimate of drug-likeness (QED) is 0.224. The molecule has 0 heterocycles. The maximum absolute atomic E-state index is 12.2. The summed E-state index contributed by atoms with van der Waals surface area (Å²) in [5.41, 5.74) is 1.04. The predicted octanol–water partition coefficient (Wildman–Crippen LogP) is 8.17. The van der Waals surface area contributed by atoms with Gasteiger partial charge in [-0.25, -0.2) is 0 Å². The van der Waals surface area contributed by atoms with E-state index in [-0.39, 0.29) is 11.5 Å². The molecular weight excluding hydrogens is 404 g/mol. The van der Waals surface area contributed by atoms with E-state index < -0.39 is 10.1 Å². The molecule has 1 aromatic carbocycles. The molecule has 3 unspecified atom stereocenters. The summed E-state index contributed by atoms with van der Waals surface area (Å²) in [7, 11) is -3.63. The van der Waals surface area contributed by atoms with Crippen LogP contribution in [0.1, 0.15) is 104 Å². The van der Waals surface area contributed by atoms with Crippen LogP contribution in [0.4, 0.5) is 0 Å². The van der Waals surface area contributed by atoms with Crippen LogP contribution < -0.4 is 0 Å². The second kappa shape index (κ2) is 15.1. The van der Waals surface area contributed by atoms with Crippen molar-refractivity contribution in [3.8, 4) is 0 Å². The standard InChI is InChI=1S/C27H48O3S/c1-22(2)10-7-11-23(3)12-8-13-24(4)14-9-15-25(5)20-21-30-31(28,29)27-18-16-26(6)17-19-27/h16-19,22-25H,7-15,20-21H2,1-6H3. The summed E-state index contributed by atoms with van der Waals surface area (Å²) in [6.07, 6.45) is 12.6. The highest BCUT2D eigenvalue weighted by Crippen LogP contribution is 2.23. The van der Waals surface area contributed by atoms with Gasteiger partial charge >= 0.3 is 0 Å². The van der Waals surface area contributed by atoms with Crippen LogP contribution in [-0.2, 0) is 14.3 Å². The number of benzene rings is 1. The molecule has 0 aliphatic heterocycles. The first-order valence-electron chi connectivity index (χ1n) is 12.6. The van der Waals surface area contributed by atoms with Crippen molar-refractivity contribution >= 4 is 10.1 Å². The largest absolute Gasteiger partial charge is 0.296 e. The number of aryl methyl sites for hydroxylation is 1. The van der Waals surface area contributed by atoms with Gasteiger partial charge < -0.3 is 0 Å². The Morgan fingerprint density at radius 2 is 1.10 bits per heavy atom. The van der Waals surface area contributed by atoms with Gasteiger partial charge in [-0.1, -0.05) is 110 Å². The molecule has 3 nitrogen and oxygen atoms in total. The molecule has 0 aliphatic rings. The number of hydrogen-bond donors (Lipinski definition) is 0. The molecule has 0 amide bonds. The van der Waals surface area contributed by atoms with Crippen molar-refractivity contribution in [3.05, 3.63) is 29.8 Å². The molecule has 1 aromatic rings. The van der Waals surface area contributed by atoms with E-state index in [9.17, 15) is 8.42 Å². The smallest absolute Gasteiger partial charge is 0.266 e. The normalized spacial score (nSPS) is 15.2. The van der Waals surface area contributed by atoms with Crippen molar-refractivity contribution in [2.24, 2.45) is 23.7 Å². The Morgan fingerprint density at radius 1 is 0.677 bits per heavy atom. The van der Waals surface area contributed by atoms with E-state index in [0.717, 1.165) is 36.2 Å². The fourth-order valence-corrected chi connectivity index (χ4v) is 4.99. The van der Waals surface area contributed by atoms with Crippen LogP contribution in [-0.4, -0.2) is 15.0 Å². The van der Waals surface area contributed by atoms with E-state index in [1.807, 2.05) is 6.92 Å². The Labute approximate surface area is 193 Å². The van der Waals surface area contributed by atoms with Crippen molar-refractivity contribution in [3.63, 3.8) is 0 Å². The van der Waals surface area contributed by atoms with E-state index in [0.29, 0.717) is 5.92 Å². The minimum absolute atomic E-state index is 0.244. The van der Waals surface area contributed by atoms with Crippen molar-refractivity contribution in [2.75, 3.05) is 6.61 Å². The molecule has 0 spiro atoms. The van der Waals surface area contributed by atoms with E-state index >= 15 is 0 Å². The van der Waals surface area contributed by atoms with Gasteiger partial charge in [0.25, 0.3) is 10.1 Å². The summed E-state index contributed by atoms with van der Waals surface area (Å²) in [4.78, 5) is 0.244. The molecule has 180 valence electrons. The summed E-state index contributed by atoms with van der Waals surface area (Å²) >= 11 is 0. The van der Waals surface area contributed by atoms with Gasteiger partial charge in [0.2, 0.25) is 0 Å². The van der Waals surface area contributed by atoms with Gasteiger partial charge in [-0.2, -0.15) is 8.42 Å². The topological polar surface area (TPSA) is 43.4 Å². The van der Waals surface area contributed by atoms with E-state index in [4.69, 9.17) is 4.18 Å². The first-order chi connectivity index (χ1) is 14.6. The summed E-state index contributed by atoms with van der Waals surface area (Å²) in [6.45, 7) is 13.8. The Morgan fingerprint density at radius 3 is 1.55 bits per heavy atom. The van der Waals surface area contributed by atoms with Gasteiger partial charge in [0.05, 0.1) is 11.5 Å². The molecule has 0 saturated heterocycles. The van der Waals surface area contributed by atoms with E-state index in [2.05, 4.69) is 34.6 Å². The summed E-state index contributed by atoms with van der Waals surface area (Å²) < 4.78 is 29.7. The fraction of sp³-hybridized carbons (Fsp3) is 0.778. The lowest BCUT2D eigenvalue weighted by atomic mass is 9.91. The molecule has 4 heteroatoms. The molecule has 0 radical (unpaired) electrons. The molecule has 0 bridgehead atoms. The SMILES string of the molecule is Cc1ccc(S(=O)(=O)OCCC(C)CCCC(C)CCCC(C)CCCC(C)C)cc1. The lowest BCUT2D eigenvalue weighted by molar-refractivity contribution is 0.278. The van der Waals surface area contributed by atoms with Crippen molar-refractivity contribution in [1.29, 1.82) is 0 Å². The fourth-order valence-electron chi connectivity index (χ4n) is 4.07. The number of rotatable bonds is 17. The molecular formula is C27H48O3S. The van der Waals surface area contributed by atoms with Crippen LogP contribution in [0.25, 0.3) is 0 Å². The third-order valence-corrected chi connectivity index (χ3v) is 7.75. The van der Waals surface area contributed by atoms with Crippen LogP contribution in [0.5, 0.6) is 0 Å². The third kappa shape index (κ3) is 13.3. The summed E-state index contributed by atoms with van der Waals surface area (Å²) in [6, 6.07) is 6.82. The number of hydrogen-bond acceptors (Lipinski definition) is 3. The first-order valence-corrected chi connectivity index (χ1v) is 14.0. The average Bonchev–Trinajstić information content (AvgIpc) is 2.68. The van der Waals surface area contributed by atoms with Gasteiger partial charge in [0.1, 0.15) is 0 Å². The summed E-state index contributed by atoms with van der Waals surface area (Å²) in [5, 5.41) is 0. The molecule has 0 saturated carbocycles. The Kier molecular flexibility index (Phi) is 13.7. The van der Waals surface area contributed by atoms with E-state index in [1.54, 1.807) is 24.3 Å². The molecule has 0 aromatic heterocycles. The second-order valence-electron chi connectivity index (χ2n) is 10.4. The minimum atomic E-state index is -3.63. The Bertz CT molecular complexity index is 679. The van der Waals surface area contributed by atoms with Crippen LogP contribution in [0.15, 0.2) is 29.2 Å². The second-order valence-corrected chi connectivity index (χ2v) is 12.0. The maximum atomic E-state index is 12.2. The summed E-state index contributed by atoms with van der Waals surface area (Å²) in [5.74, 6) is 2.97. The first kappa shape index (κ1) is 28.2. The van der Waals surface area contributed by atoms with Gasteiger partial charge in [-0.05, 0) is 49.1 Å². The highest BCUT2D eigenvalue weighted by atomic mass is 32.2. The van der Waals surface area contributed by atoms with Gasteiger partial charge in [0.15, 0.2) is 0 Å². The van der Waals surface area contributed by atoms with Gasteiger partial charge in [-0.15, -0.1) is 0 Å². The van der Waals surface area contributed by atoms with Crippen molar-refractivity contribution in [2.45, 2.75) is 111 Å². The van der Waals surface area contributed by atoms with Crippen molar-refractivity contribution < 1.29 is 12.6 Å². The predicted molar refractivity (Wildman–Crippen MR) is 133 cm³/mol. The zero-order valence-corrected chi connectivity index (χ0v) is 21.8. The lowest BCUT2D eigenvalue weighted by Gasteiger charge is -2.16. The molecule has 1 rings (SSSR count). The van der Waals surface area contributed by atoms with Gasteiger partial charge in [-0.3, -0.25) is 4.18 Å². The molecule has 0 fully saturated rings. The van der Waals surface area contributed by atoms with Gasteiger partial charge in [0, 0.05) is 0 Å². The molecule has 3 atom stereocenters.